The summed E-state index contributed by atoms with van der Waals surface area (Å²) in [6.45, 7) is 3.93. The van der Waals surface area contributed by atoms with E-state index in [-0.39, 0.29) is 0 Å². The highest BCUT2D eigenvalue weighted by atomic mass is 16.5. The van der Waals surface area contributed by atoms with Crippen LogP contribution < -0.4 is 10.1 Å². The van der Waals surface area contributed by atoms with Crippen LogP contribution in [0.25, 0.3) is 10.9 Å². The Morgan fingerprint density at radius 3 is 2.94 bits per heavy atom. The lowest BCUT2D eigenvalue weighted by atomic mass is 10.1. The summed E-state index contributed by atoms with van der Waals surface area (Å²) < 4.78 is 5.30. The summed E-state index contributed by atoms with van der Waals surface area (Å²) in [5.74, 6) is 0.829. The summed E-state index contributed by atoms with van der Waals surface area (Å²) >= 11 is 0. The van der Waals surface area contributed by atoms with Crippen molar-refractivity contribution in [2.24, 2.45) is 0 Å². The first kappa shape index (κ1) is 10.9. The normalized spacial score (nSPS) is 10.6. The molecule has 0 aliphatic rings. The van der Waals surface area contributed by atoms with Crippen LogP contribution in [0.4, 0.5) is 0 Å². The van der Waals surface area contributed by atoms with Crippen molar-refractivity contribution in [1.82, 2.24) is 10.3 Å². The van der Waals surface area contributed by atoms with Crippen molar-refractivity contribution in [2.75, 3.05) is 13.7 Å². The first-order valence-corrected chi connectivity index (χ1v) is 5.48. The zero-order chi connectivity index (χ0) is 11.4. The Hall–Kier alpha value is -1.61. The fourth-order valence-corrected chi connectivity index (χ4v) is 1.78. The highest BCUT2D eigenvalue weighted by molar-refractivity contribution is 5.87. The Labute approximate surface area is 95.5 Å². The summed E-state index contributed by atoms with van der Waals surface area (Å²) in [6.07, 6.45) is 1.79. The molecular weight excluding hydrogens is 200 g/mol. The van der Waals surface area contributed by atoms with Crippen LogP contribution in [0.2, 0.25) is 0 Å². The predicted molar refractivity (Wildman–Crippen MR) is 65.7 cm³/mol. The Morgan fingerprint density at radius 1 is 1.31 bits per heavy atom. The molecule has 0 saturated heterocycles. The van der Waals surface area contributed by atoms with E-state index in [1.54, 1.807) is 13.3 Å². The number of fused-ring (bicyclic) bond motifs is 1. The lowest BCUT2D eigenvalue weighted by Crippen LogP contribution is -2.12. The molecule has 0 bridgehead atoms. The van der Waals surface area contributed by atoms with E-state index < -0.39 is 0 Å². The van der Waals surface area contributed by atoms with Gasteiger partial charge in [-0.25, -0.2) is 0 Å². The fourth-order valence-electron chi connectivity index (χ4n) is 1.78. The Morgan fingerprint density at radius 2 is 2.19 bits per heavy atom. The number of benzene rings is 1. The SMILES string of the molecule is CCNCc1ccc(OC)c2ncccc12. The van der Waals surface area contributed by atoms with Crippen LogP contribution in [0.1, 0.15) is 12.5 Å². The fraction of sp³-hybridized carbons (Fsp3) is 0.308. The van der Waals surface area contributed by atoms with Gasteiger partial charge in [-0.3, -0.25) is 4.98 Å². The van der Waals surface area contributed by atoms with Gasteiger partial charge in [0.1, 0.15) is 11.3 Å². The first-order chi connectivity index (χ1) is 7.86. The molecule has 0 aliphatic heterocycles. The maximum atomic E-state index is 5.30. The molecule has 0 aliphatic carbocycles. The van der Waals surface area contributed by atoms with E-state index in [0.717, 1.165) is 29.7 Å². The minimum absolute atomic E-state index is 0.829. The van der Waals surface area contributed by atoms with Crippen LogP contribution in [-0.2, 0) is 6.54 Å². The molecule has 3 heteroatoms. The number of hydrogen-bond acceptors (Lipinski definition) is 3. The monoisotopic (exact) mass is 216 g/mol. The summed E-state index contributed by atoms with van der Waals surface area (Å²) in [7, 11) is 1.67. The second-order valence-electron chi connectivity index (χ2n) is 3.61. The third-order valence-corrected chi connectivity index (χ3v) is 2.61. The topological polar surface area (TPSA) is 34.1 Å². The molecule has 1 heterocycles. The van der Waals surface area contributed by atoms with Crippen LogP contribution in [0.15, 0.2) is 30.5 Å². The van der Waals surface area contributed by atoms with Gasteiger partial charge in [0, 0.05) is 18.1 Å². The predicted octanol–water partition coefficient (Wildman–Crippen LogP) is 2.35. The molecule has 0 unspecified atom stereocenters. The largest absolute Gasteiger partial charge is 0.494 e. The lowest BCUT2D eigenvalue weighted by Gasteiger charge is -2.09. The third kappa shape index (κ3) is 1.99. The van der Waals surface area contributed by atoms with E-state index >= 15 is 0 Å². The average Bonchev–Trinajstić information content (AvgIpc) is 2.36. The smallest absolute Gasteiger partial charge is 0.145 e. The van der Waals surface area contributed by atoms with Crippen molar-refractivity contribution in [3.05, 3.63) is 36.0 Å². The number of aromatic nitrogens is 1. The number of rotatable bonds is 4. The highest BCUT2D eigenvalue weighted by Gasteiger charge is 2.06. The number of nitrogens with zero attached hydrogens (tertiary/aromatic N) is 1. The van der Waals surface area contributed by atoms with Gasteiger partial charge < -0.3 is 10.1 Å². The van der Waals surface area contributed by atoms with Gasteiger partial charge in [0.2, 0.25) is 0 Å². The molecule has 1 aromatic heterocycles. The van der Waals surface area contributed by atoms with E-state index in [1.807, 2.05) is 12.1 Å². The lowest BCUT2D eigenvalue weighted by molar-refractivity contribution is 0.418. The molecule has 2 aromatic rings. The van der Waals surface area contributed by atoms with Gasteiger partial charge >= 0.3 is 0 Å². The van der Waals surface area contributed by atoms with Gasteiger partial charge in [-0.1, -0.05) is 19.1 Å². The number of ether oxygens (including phenoxy) is 1. The Balaban J connectivity index is 2.51. The van der Waals surface area contributed by atoms with Crippen LogP contribution >= 0.6 is 0 Å². The molecule has 0 fully saturated rings. The summed E-state index contributed by atoms with van der Waals surface area (Å²) in [5.41, 5.74) is 2.19. The van der Waals surface area contributed by atoms with E-state index in [0.29, 0.717) is 0 Å². The van der Waals surface area contributed by atoms with Crippen molar-refractivity contribution in [1.29, 1.82) is 0 Å². The molecule has 1 N–H and O–H groups in total. The maximum absolute atomic E-state index is 5.30. The van der Waals surface area contributed by atoms with E-state index in [9.17, 15) is 0 Å². The van der Waals surface area contributed by atoms with Crippen molar-refractivity contribution in [2.45, 2.75) is 13.5 Å². The molecule has 3 nitrogen and oxygen atoms in total. The highest BCUT2D eigenvalue weighted by Crippen LogP contribution is 2.26. The standard InChI is InChI=1S/C13H16N2O/c1-3-14-9-10-6-7-12(16-2)13-11(10)5-4-8-15-13/h4-8,14H,3,9H2,1-2H3. The van der Waals surface area contributed by atoms with Crippen LogP contribution in [0.5, 0.6) is 5.75 Å². The second-order valence-corrected chi connectivity index (χ2v) is 3.61. The van der Waals surface area contributed by atoms with Gasteiger partial charge in [0.05, 0.1) is 7.11 Å². The summed E-state index contributed by atoms with van der Waals surface area (Å²) in [4.78, 5) is 4.37. The van der Waals surface area contributed by atoms with Gasteiger partial charge in [-0.15, -0.1) is 0 Å². The van der Waals surface area contributed by atoms with Gasteiger partial charge in [0.15, 0.2) is 0 Å². The Bertz CT molecular complexity index is 482. The van der Waals surface area contributed by atoms with E-state index in [2.05, 4.69) is 29.4 Å². The average molecular weight is 216 g/mol. The molecule has 16 heavy (non-hydrogen) atoms. The number of pyridine rings is 1. The van der Waals surface area contributed by atoms with Gasteiger partial charge in [0.25, 0.3) is 0 Å². The zero-order valence-corrected chi connectivity index (χ0v) is 9.66. The summed E-state index contributed by atoms with van der Waals surface area (Å²) in [6, 6.07) is 8.10. The number of nitrogens with one attached hydrogen (secondary N) is 1. The maximum Gasteiger partial charge on any atom is 0.145 e. The van der Waals surface area contributed by atoms with Gasteiger partial charge in [-0.05, 0) is 24.2 Å². The minimum atomic E-state index is 0.829. The van der Waals surface area contributed by atoms with Crippen molar-refractivity contribution >= 4 is 10.9 Å². The zero-order valence-electron chi connectivity index (χ0n) is 9.66. The van der Waals surface area contributed by atoms with E-state index in [1.165, 1.54) is 5.56 Å². The molecule has 2 rings (SSSR count). The molecule has 0 spiro atoms. The van der Waals surface area contributed by atoms with Crippen LogP contribution in [0, 0.1) is 0 Å². The molecule has 0 atom stereocenters. The van der Waals surface area contributed by atoms with Crippen LogP contribution in [0.3, 0.4) is 0 Å². The van der Waals surface area contributed by atoms with Crippen molar-refractivity contribution < 1.29 is 4.74 Å². The van der Waals surface area contributed by atoms with Gasteiger partial charge in [-0.2, -0.15) is 0 Å². The minimum Gasteiger partial charge on any atom is -0.494 e. The van der Waals surface area contributed by atoms with Crippen LogP contribution in [-0.4, -0.2) is 18.6 Å². The van der Waals surface area contributed by atoms with E-state index in [4.69, 9.17) is 4.74 Å². The number of methoxy groups -OCH3 is 1. The first-order valence-electron chi connectivity index (χ1n) is 5.48. The molecule has 0 amide bonds. The van der Waals surface area contributed by atoms with Crippen molar-refractivity contribution in [3.63, 3.8) is 0 Å². The molecule has 0 saturated carbocycles. The molecule has 0 radical (unpaired) electrons. The summed E-state index contributed by atoms with van der Waals surface area (Å²) in [5, 5.41) is 4.48. The second kappa shape index (κ2) is 4.94. The molecule has 84 valence electrons. The van der Waals surface area contributed by atoms with Crippen molar-refractivity contribution in [3.8, 4) is 5.75 Å². The third-order valence-electron chi connectivity index (χ3n) is 2.61. The molecular formula is C13H16N2O. The number of hydrogen-bond donors (Lipinski definition) is 1. The quantitative estimate of drug-likeness (QED) is 0.851. The molecule has 1 aromatic carbocycles. The Kier molecular flexibility index (Phi) is 3.37.